The first kappa shape index (κ1) is 36.5. The van der Waals surface area contributed by atoms with E-state index in [9.17, 15) is 19.6 Å². The number of halogens is 2. The molecule has 5 aromatic heterocycles. The van der Waals surface area contributed by atoms with Crippen molar-refractivity contribution in [1.82, 2.24) is 43.4 Å². The number of carbonyl (C=O) groups excluding carboxylic acids is 2. The first-order valence-corrected chi connectivity index (χ1v) is 19.1. The standard InChI is InChI=1S/C41H38ClFN10O4/c1-23-33-35(48-37(42)47-23)53(27-15-41(16-27)21-50(22-41)39(56)57-40(2,3)4)38(55)52(33)26-9-10-31(46-18-26)36(54)49-13-11-28-29-6-5-12-45-34(29)51(32(28)20-49)19-25-8-7-24(17-44)14-30(25)43/h5-10,12,14,18,27H,11,13,15-16,19-22H2,1-4H3. The van der Waals surface area contributed by atoms with E-state index in [1.807, 2.05) is 43.5 Å². The lowest BCUT2D eigenvalue weighted by atomic mass is 9.60. The van der Waals surface area contributed by atoms with Gasteiger partial charge in [0.15, 0.2) is 5.65 Å². The number of benzene rings is 1. The van der Waals surface area contributed by atoms with Crippen molar-refractivity contribution in [3.8, 4) is 11.8 Å². The summed E-state index contributed by atoms with van der Waals surface area (Å²) in [5.74, 6) is -0.773. The Morgan fingerprint density at radius 2 is 1.86 bits per heavy atom. The van der Waals surface area contributed by atoms with Crippen molar-refractivity contribution in [3.63, 3.8) is 0 Å². The molecule has 6 aromatic rings. The van der Waals surface area contributed by atoms with Crippen LogP contribution in [0, 0.1) is 29.5 Å². The first-order chi connectivity index (χ1) is 27.2. The molecular weight excluding hydrogens is 751 g/mol. The van der Waals surface area contributed by atoms with Gasteiger partial charge in [0.05, 0.1) is 42.3 Å². The van der Waals surface area contributed by atoms with Crippen LogP contribution in [-0.4, -0.2) is 80.7 Å². The number of ether oxygens (including phenoxy) is 1. The van der Waals surface area contributed by atoms with Crippen molar-refractivity contribution in [1.29, 1.82) is 5.26 Å². The third kappa shape index (κ3) is 6.19. The molecule has 2 aliphatic heterocycles. The van der Waals surface area contributed by atoms with Crippen LogP contribution in [0.5, 0.6) is 0 Å². The minimum atomic E-state index is -0.579. The summed E-state index contributed by atoms with van der Waals surface area (Å²) in [7, 11) is 0. The number of fused-ring (bicyclic) bond motifs is 4. The number of carbonyl (C=O) groups is 2. The fourth-order valence-electron chi connectivity index (χ4n) is 8.74. The molecular formula is C41H38ClFN10O4. The average molecular weight is 789 g/mol. The molecule has 290 valence electrons. The number of nitriles is 1. The van der Waals surface area contributed by atoms with Gasteiger partial charge in [-0.3, -0.25) is 13.9 Å². The van der Waals surface area contributed by atoms with Gasteiger partial charge in [0.1, 0.15) is 28.3 Å². The molecule has 14 nitrogen and oxygen atoms in total. The molecule has 0 atom stereocenters. The summed E-state index contributed by atoms with van der Waals surface area (Å²) in [6.45, 7) is 9.29. The van der Waals surface area contributed by atoms with Crippen LogP contribution < -0.4 is 5.69 Å². The SMILES string of the molecule is Cc1nc(Cl)nc2c1n(-c1ccc(C(=O)N3CCc4c(n(Cc5ccc(C#N)cc5F)c5ncccc45)C3)nc1)c(=O)n2C1CC2(C1)CN(C(=O)OC(C)(C)C)C2. The summed E-state index contributed by atoms with van der Waals surface area (Å²) in [6, 6.07) is 13.4. The van der Waals surface area contributed by atoms with Crippen molar-refractivity contribution in [2.45, 2.75) is 71.7 Å². The summed E-state index contributed by atoms with van der Waals surface area (Å²) in [5.41, 5.74) is 4.34. The number of pyridine rings is 2. The van der Waals surface area contributed by atoms with Crippen LogP contribution in [0.3, 0.4) is 0 Å². The van der Waals surface area contributed by atoms with Crippen LogP contribution in [0.15, 0.2) is 59.7 Å². The Balaban J connectivity index is 0.972. The van der Waals surface area contributed by atoms with E-state index in [1.165, 1.54) is 16.8 Å². The van der Waals surface area contributed by atoms with Gasteiger partial charge in [0, 0.05) is 53.9 Å². The van der Waals surface area contributed by atoms with E-state index in [-0.39, 0.29) is 58.8 Å². The number of hydrogen-bond donors (Lipinski definition) is 0. The second-order valence-corrected chi connectivity index (χ2v) is 16.7. The fourth-order valence-corrected chi connectivity index (χ4v) is 8.94. The normalized spacial score (nSPS) is 16.4. The molecule has 1 saturated heterocycles. The summed E-state index contributed by atoms with van der Waals surface area (Å²) in [4.78, 5) is 62.3. The lowest BCUT2D eigenvalue weighted by Crippen LogP contribution is -2.64. The molecule has 0 radical (unpaired) electrons. The molecule has 0 bridgehead atoms. The van der Waals surface area contributed by atoms with E-state index in [2.05, 4.69) is 19.9 Å². The number of likely N-dealkylation sites (tertiary alicyclic amines) is 1. The van der Waals surface area contributed by atoms with Crippen molar-refractivity contribution in [2.24, 2.45) is 5.41 Å². The topological polar surface area (TPSA) is 157 Å². The van der Waals surface area contributed by atoms with Crippen molar-refractivity contribution >= 4 is 45.8 Å². The van der Waals surface area contributed by atoms with E-state index >= 15 is 4.39 Å². The van der Waals surface area contributed by atoms with Crippen molar-refractivity contribution in [3.05, 3.63) is 110 Å². The van der Waals surface area contributed by atoms with E-state index in [0.717, 1.165) is 16.6 Å². The van der Waals surface area contributed by atoms with E-state index in [0.29, 0.717) is 72.7 Å². The molecule has 0 N–H and O–H groups in total. The van der Waals surface area contributed by atoms with Crippen LogP contribution in [0.1, 0.15) is 78.2 Å². The van der Waals surface area contributed by atoms with Gasteiger partial charge in [-0.05, 0) is 101 Å². The van der Waals surface area contributed by atoms with Crippen LogP contribution in [0.4, 0.5) is 9.18 Å². The Labute approximate surface area is 331 Å². The lowest BCUT2D eigenvalue weighted by molar-refractivity contribution is -0.0906. The third-order valence-corrected chi connectivity index (χ3v) is 11.5. The molecule has 2 amide bonds. The molecule has 1 aromatic carbocycles. The molecule has 1 saturated carbocycles. The highest BCUT2D eigenvalue weighted by atomic mass is 35.5. The highest BCUT2D eigenvalue weighted by Gasteiger charge is 2.55. The molecule has 1 aliphatic carbocycles. The molecule has 2 fully saturated rings. The Morgan fingerprint density at radius 1 is 1.07 bits per heavy atom. The van der Waals surface area contributed by atoms with E-state index < -0.39 is 11.4 Å². The lowest BCUT2D eigenvalue weighted by Gasteiger charge is -2.58. The van der Waals surface area contributed by atoms with Crippen LogP contribution in [0.2, 0.25) is 5.28 Å². The Morgan fingerprint density at radius 3 is 2.56 bits per heavy atom. The van der Waals surface area contributed by atoms with Crippen LogP contribution in [-0.2, 0) is 24.2 Å². The largest absolute Gasteiger partial charge is 0.444 e. The van der Waals surface area contributed by atoms with Gasteiger partial charge >= 0.3 is 11.8 Å². The second-order valence-electron chi connectivity index (χ2n) is 16.3. The summed E-state index contributed by atoms with van der Waals surface area (Å²) in [6.07, 6.45) is 4.80. The number of aryl methyl sites for hydroxylation is 1. The molecule has 9 rings (SSSR count). The van der Waals surface area contributed by atoms with Crippen LogP contribution in [0.25, 0.3) is 27.9 Å². The zero-order valence-electron chi connectivity index (χ0n) is 31.8. The number of imidazole rings is 1. The molecule has 0 unspecified atom stereocenters. The minimum absolute atomic E-state index is 0.0281. The molecule has 57 heavy (non-hydrogen) atoms. The highest BCUT2D eigenvalue weighted by Crippen LogP contribution is 2.54. The molecule has 7 heterocycles. The van der Waals surface area contributed by atoms with Gasteiger partial charge in [-0.15, -0.1) is 0 Å². The summed E-state index contributed by atoms with van der Waals surface area (Å²) in [5, 5.41) is 10.2. The van der Waals surface area contributed by atoms with E-state index in [1.54, 1.807) is 51.8 Å². The predicted octanol–water partition coefficient (Wildman–Crippen LogP) is 6.12. The van der Waals surface area contributed by atoms with Gasteiger partial charge in [-0.25, -0.2) is 28.9 Å². The zero-order chi connectivity index (χ0) is 40.0. The number of rotatable bonds is 5. The Hall–Kier alpha value is -6.14. The van der Waals surface area contributed by atoms with Gasteiger partial charge in [-0.1, -0.05) is 6.07 Å². The zero-order valence-corrected chi connectivity index (χ0v) is 32.5. The minimum Gasteiger partial charge on any atom is -0.444 e. The first-order valence-electron chi connectivity index (χ1n) is 18.8. The quantitative estimate of drug-likeness (QED) is 0.188. The third-order valence-electron chi connectivity index (χ3n) is 11.3. The maximum absolute atomic E-state index is 15.1. The average Bonchev–Trinajstić information content (AvgIpc) is 3.61. The van der Waals surface area contributed by atoms with Gasteiger partial charge in [0.2, 0.25) is 5.28 Å². The molecule has 1 spiro atoms. The van der Waals surface area contributed by atoms with Crippen LogP contribution >= 0.6 is 11.6 Å². The Bertz CT molecular complexity index is 2750. The Kier molecular flexibility index (Phi) is 8.47. The molecule has 3 aliphatic rings. The monoisotopic (exact) mass is 788 g/mol. The summed E-state index contributed by atoms with van der Waals surface area (Å²) >= 11 is 6.33. The highest BCUT2D eigenvalue weighted by molar-refractivity contribution is 6.28. The number of hydrogen-bond acceptors (Lipinski definition) is 9. The van der Waals surface area contributed by atoms with Crippen molar-refractivity contribution < 1.29 is 18.7 Å². The van der Waals surface area contributed by atoms with Gasteiger partial charge in [-0.2, -0.15) is 10.2 Å². The smallest absolute Gasteiger partial charge is 0.410 e. The van der Waals surface area contributed by atoms with E-state index in [4.69, 9.17) is 16.3 Å². The number of aromatic nitrogens is 7. The second kappa shape index (κ2) is 13.2. The fraction of sp³-hybridized carbons (Fsp3) is 0.366. The maximum Gasteiger partial charge on any atom is 0.410 e. The van der Waals surface area contributed by atoms with Crippen molar-refractivity contribution in [2.75, 3.05) is 19.6 Å². The van der Waals surface area contributed by atoms with Gasteiger partial charge < -0.3 is 19.1 Å². The maximum atomic E-state index is 15.1. The number of amides is 2. The summed E-state index contributed by atoms with van der Waals surface area (Å²) < 4.78 is 25.7. The molecule has 16 heteroatoms. The number of nitrogens with zero attached hydrogens (tertiary/aromatic N) is 10. The predicted molar refractivity (Wildman–Crippen MR) is 208 cm³/mol. The van der Waals surface area contributed by atoms with Gasteiger partial charge in [0.25, 0.3) is 5.91 Å².